The van der Waals surface area contributed by atoms with Crippen molar-refractivity contribution in [1.82, 2.24) is 0 Å². The molecule has 0 amide bonds. The van der Waals surface area contributed by atoms with Crippen LogP contribution in [-0.4, -0.2) is 6.10 Å². The van der Waals surface area contributed by atoms with Gasteiger partial charge < -0.3 is 10.5 Å². The first-order chi connectivity index (χ1) is 10.3. The number of hydrogen-bond acceptors (Lipinski definition) is 2. The van der Waals surface area contributed by atoms with Crippen molar-refractivity contribution in [2.45, 2.75) is 37.3 Å². The quantitative estimate of drug-likeness (QED) is 0.896. The first kappa shape index (κ1) is 12.9. The monoisotopic (exact) mass is 279 g/mol. The van der Waals surface area contributed by atoms with E-state index < -0.39 is 0 Å². The van der Waals surface area contributed by atoms with Gasteiger partial charge in [0.15, 0.2) is 0 Å². The van der Waals surface area contributed by atoms with Gasteiger partial charge in [0.1, 0.15) is 5.75 Å². The van der Waals surface area contributed by atoms with Crippen molar-refractivity contribution in [3.8, 4) is 5.75 Å². The van der Waals surface area contributed by atoms with E-state index in [0.29, 0.717) is 17.9 Å². The zero-order valence-electron chi connectivity index (χ0n) is 12.1. The molecule has 2 fully saturated rings. The van der Waals surface area contributed by atoms with Gasteiger partial charge in [0.2, 0.25) is 0 Å². The van der Waals surface area contributed by atoms with E-state index in [2.05, 4.69) is 54.6 Å². The molecular weight excluding hydrogens is 258 g/mol. The Balaban J connectivity index is 1.42. The summed E-state index contributed by atoms with van der Waals surface area (Å²) in [6.45, 7) is 0. The Morgan fingerprint density at radius 2 is 1.67 bits per heavy atom. The van der Waals surface area contributed by atoms with E-state index in [1.165, 1.54) is 30.4 Å². The number of ether oxygens (including phenoxy) is 1. The molecule has 2 aliphatic rings. The normalized spacial score (nSPS) is 25.4. The predicted molar refractivity (Wildman–Crippen MR) is 84.3 cm³/mol. The van der Waals surface area contributed by atoms with E-state index in [0.717, 1.165) is 5.75 Å². The van der Waals surface area contributed by atoms with Gasteiger partial charge in [-0.1, -0.05) is 42.5 Å². The highest BCUT2D eigenvalue weighted by Crippen LogP contribution is 2.53. The summed E-state index contributed by atoms with van der Waals surface area (Å²) in [7, 11) is 0. The van der Waals surface area contributed by atoms with E-state index in [4.69, 9.17) is 10.5 Å². The molecule has 0 radical (unpaired) electrons. The predicted octanol–water partition coefficient (Wildman–Crippen LogP) is 4.03. The van der Waals surface area contributed by atoms with Crippen LogP contribution < -0.4 is 10.5 Å². The van der Waals surface area contributed by atoms with E-state index in [9.17, 15) is 0 Å². The third kappa shape index (κ3) is 2.81. The Hall–Kier alpha value is -1.80. The van der Waals surface area contributed by atoms with Crippen LogP contribution in [0.1, 0.15) is 42.3 Å². The number of hydrogen-bond donors (Lipinski definition) is 1. The molecule has 0 aliphatic heterocycles. The van der Waals surface area contributed by atoms with Gasteiger partial charge in [-0.2, -0.15) is 0 Å². The van der Waals surface area contributed by atoms with Crippen LogP contribution in [0, 0.1) is 5.92 Å². The highest BCUT2D eigenvalue weighted by molar-refractivity contribution is 5.33. The van der Waals surface area contributed by atoms with Gasteiger partial charge in [-0.3, -0.25) is 0 Å². The summed E-state index contributed by atoms with van der Waals surface area (Å²) in [6.07, 6.45) is 4.05. The summed E-state index contributed by atoms with van der Waals surface area (Å²) in [5.41, 5.74) is 9.10. The van der Waals surface area contributed by atoms with Crippen molar-refractivity contribution in [3.05, 3.63) is 65.7 Å². The van der Waals surface area contributed by atoms with Crippen LogP contribution >= 0.6 is 0 Å². The maximum atomic E-state index is 6.45. The van der Waals surface area contributed by atoms with Gasteiger partial charge in [-0.25, -0.2) is 0 Å². The van der Waals surface area contributed by atoms with Crippen LogP contribution in [0.4, 0.5) is 0 Å². The van der Waals surface area contributed by atoms with E-state index in [1.54, 1.807) is 0 Å². The van der Waals surface area contributed by atoms with Crippen molar-refractivity contribution >= 4 is 0 Å². The molecule has 0 bridgehead atoms. The lowest BCUT2D eigenvalue weighted by molar-refractivity contribution is 0.303. The average Bonchev–Trinajstić information content (AvgIpc) is 3.43. The van der Waals surface area contributed by atoms with Gasteiger partial charge in [-0.05, 0) is 54.4 Å². The third-order valence-electron chi connectivity index (χ3n) is 4.62. The summed E-state index contributed by atoms with van der Waals surface area (Å²) >= 11 is 0. The molecule has 3 unspecified atom stereocenters. The fraction of sp³-hybridized carbons (Fsp3) is 0.368. The Kier molecular flexibility index (Phi) is 3.19. The van der Waals surface area contributed by atoms with Crippen LogP contribution in [0.25, 0.3) is 0 Å². The summed E-state index contributed by atoms with van der Waals surface area (Å²) in [5, 5.41) is 0. The maximum absolute atomic E-state index is 6.45. The molecule has 2 saturated carbocycles. The molecule has 2 N–H and O–H groups in total. The van der Waals surface area contributed by atoms with Crippen LogP contribution in [0.5, 0.6) is 5.75 Å². The summed E-state index contributed by atoms with van der Waals surface area (Å²) in [4.78, 5) is 0. The molecule has 2 aromatic carbocycles. The van der Waals surface area contributed by atoms with Gasteiger partial charge in [0.25, 0.3) is 0 Å². The summed E-state index contributed by atoms with van der Waals surface area (Å²) < 4.78 is 5.79. The molecule has 0 spiro atoms. The lowest BCUT2D eigenvalue weighted by atomic mass is 9.99. The molecule has 0 aromatic heterocycles. The zero-order chi connectivity index (χ0) is 14.2. The van der Waals surface area contributed by atoms with Crippen molar-refractivity contribution in [1.29, 1.82) is 0 Å². The molecule has 2 aromatic rings. The standard InChI is InChI=1S/C19H21NO/c20-19(18-12-17(18)13-4-2-1-3-5-13)14-6-8-15(9-7-14)21-16-10-11-16/h1-9,16-19H,10-12,20H2. The molecular formula is C19H21NO. The molecule has 2 nitrogen and oxygen atoms in total. The first-order valence-corrected chi connectivity index (χ1v) is 7.88. The fourth-order valence-corrected chi connectivity index (χ4v) is 3.09. The highest BCUT2D eigenvalue weighted by Gasteiger charge is 2.42. The Labute approximate surface area is 125 Å². The molecule has 3 atom stereocenters. The Morgan fingerprint density at radius 3 is 2.33 bits per heavy atom. The fourth-order valence-electron chi connectivity index (χ4n) is 3.09. The van der Waals surface area contributed by atoms with Crippen LogP contribution in [0.2, 0.25) is 0 Å². The zero-order valence-corrected chi connectivity index (χ0v) is 12.1. The van der Waals surface area contributed by atoms with Crippen LogP contribution in [0.15, 0.2) is 54.6 Å². The van der Waals surface area contributed by atoms with Crippen LogP contribution in [0.3, 0.4) is 0 Å². The van der Waals surface area contributed by atoms with E-state index in [1.807, 2.05) is 0 Å². The molecule has 0 saturated heterocycles. The van der Waals surface area contributed by atoms with Crippen molar-refractivity contribution < 1.29 is 4.74 Å². The largest absolute Gasteiger partial charge is 0.490 e. The topological polar surface area (TPSA) is 35.2 Å². The van der Waals surface area contributed by atoms with E-state index >= 15 is 0 Å². The SMILES string of the molecule is NC(c1ccc(OC2CC2)cc1)C1CC1c1ccccc1. The molecule has 2 heteroatoms. The molecule has 0 heterocycles. The maximum Gasteiger partial charge on any atom is 0.119 e. The minimum atomic E-state index is 0.130. The summed E-state index contributed by atoms with van der Waals surface area (Å²) in [6, 6.07) is 19.2. The number of rotatable bonds is 5. The molecule has 21 heavy (non-hydrogen) atoms. The third-order valence-corrected chi connectivity index (χ3v) is 4.62. The van der Waals surface area contributed by atoms with Crippen molar-refractivity contribution in [2.75, 3.05) is 0 Å². The second kappa shape index (κ2) is 5.19. The minimum Gasteiger partial charge on any atom is -0.490 e. The lowest BCUT2D eigenvalue weighted by Gasteiger charge is -2.13. The smallest absolute Gasteiger partial charge is 0.119 e. The summed E-state index contributed by atoms with van der Waals surface area (Å²) in [5.74, 6) is 2.18. The lowest BCUT2D eigenvalue weighted by Crippen LogP contribution is -2.13. The van der Waals surface area contributed by atoms with Crippen molar-refractivity contribution in [3.63, 3.8) is 0 Å². The number of nitrogens with two attached hydrogens (primary N) is 1. The highest BCUT2D eigenvalue weighted by atomic mass is 16.5. The minimum absolute atomic E-state index is 0.130. The van der Waals surface area contributed by atoms with Gasteiger partial charge in [0, 0.05) is 6.04 Å². The van der Waals surface area contributed by atoms with Crippen LogP contribution in [-0.2, 0) is 0 Å². The second-order valence-electron chi connectivity index (χ2n) is 6.33. The van der Waals surface area contributed by atoms with Gasteiger partial charge >= 0.3 is 0 Å². The Bertz CT molecular complexity index is 603. The second-order valence-corrected chi connectivity index (χ2v) is 6.33. The van der Waals surface area contributed by atoms with Gasteiger partial charge in [-0.15, -0.1) is 0 Å². The molecule has 108 valence electrons. The first-order valence-electron chi connectivity index (χ1n) is 7.88. The molecule has 4 rings (SSSR count). The Morgan fingerprint density at radius 1 is 0.952 bits per heavy atom. The van der Waals surface area contributed by atoms with E-state index in [-0.39, 0.29) is 6.04 Å². The molecule has 2 aliphatic carbocycles. The van der Waals surface area contributed by atoms with Crippen molar-refractivity contribution in [2.24, 2.45) is 11.7 Å². The number of benzene rings is 2. The average molecular weight is 279 g/mol. The van der Waals surface area contributed by atoms with Gasteiger partial charge in [0.05, 0.1) is 6.10 Å².